The number of benzene rings is 2. The van der Waals surface area contributed by atoms with Gasteiger partial charge in [-0.3, -0.25) is 9.69 Å². The molecule has 2 aromatic carbocycles. The average Bonchev–Trinajstić information content (AvgIpc) is 2.64. The Bertz CT molecular complexity index is 807. The van der Waals surface area contributed by atoms with Gasteiger partial charge in [0, 0.05) is 13.1 Å². The van der Waals surface area contributed by atoms with Crippen LogP contribution in [0, 0.1) is 6.92 Å². The van der Waals surface area contributed by atoms with E-state index in [9.17, 15) is 9.90 Å². The molecule has 6 heteroatoms. The number of likely N-dealkylation sites (tertiary alicyclic amines) is 1. The van der Waals surface area contributed by atoms with Crippen molar-refractivity contribution in [3.8, 4) is 11.5 Å². The third kappa shape index (κ3) is 5.03. The number of nitrogens with one attached hydrogen (secondary N) is 1. The molecule has 0 bridgehead atoms. The molecule has 0 unspecified atom stereocenters. The van der Waals surface area contributed by atoms with Crippen molar-refractivity contribution in [3.05, 3.63) is 54.1 Å². The van der Waals surface area contributed by atoms with Crippen LogP contribution in [0.5, 0.6) is 11.5 Å². The fourth-order valence-corrected chi connectivity index (χ4v) is 3.54. The Labute approximate surface area is 166 Å². The summed E-state index contributed by atoms with van der Waals surface area (Å²) < 4.78 is 11.3. The van der Waals surface area contributed by atoms with Crippen molar-refractivity contribution >= 4 is 11.6 Å². The standard InChI is InChI=1S/C22H28N2O4/c1-16-9-10-19(27-3)18(13-16)23-21(25)14-24-12-11-20(22(2,26)15-24)28-17-7-5-4-6-8-17/h4-10,13,20,26H,11-12,14-15H2,1-3H3,(H,23,25)/t20-,22-/m0/s1. The van der Waals surface area contributed by atoms with Crippen molar-refractivity contribution in [3.63, 3.8) is 0 Å². The molecule has 150 valence electrons. The van der Waals surface area contributed by atoms with Gasteiger partial charge in [0.2, 0.25) is 5.91 Å². The minimum atomic E-state index is -1.05. The number of aryl methyl sites for hydroxylation is 1. The highest BCUT2D eigenvalue weighted by molar-refractivity contribution is 5.93. The zero-order valence-electron chi connectivity index (χ0n) is 16.6. The first-order chi connectivity index (χ1) is 13.4. The lowest BCUT2D eigenvalue weighted by atomic mass is 9.91. The minimum absolute atomic E-state index is 0.137. The lowest BCUT2D eigenvalue weighted by Crippen LogP contribution is -2.58. The van der Waals surface area contributed by atoms with Crippen molar-refractivity contribution in [1.29, 1.82) is 0 Å². The van der Waals surface area contributed by atoms with E-state index >= 15 is 0 Å². The van der Waals surface area contributed by atoms with Gasteiger partial charge in [0.25, 0.3) is 0 Å². The van der Waals surface area contributed by atoms with Gasteiger partial charge in [0.1, 0.15) is 23.2 Å². The number of nitrogens with zero attached hydrogens (tertiary/aromatic N) is 1. The first-order valence-corrected chi connectivity index (χ1v) is 9.48. The summed E-state index contributed by atoms with van der Waals surface area (Å²) >= 11 is 0. The average molecular weight is 384 g/mol. The number of amides is 1. The van der Waals surface area contributed by atoms with E-state index in [-0.39, 0.29) is 18.6 Å². The van der Waals surface area contributed by atoms with Crippen molar-refractivity contribution < 1.29 is 19.4 Å². The van der Waals surface area contributed by atoms with Crippen LogP contribution in [-0.4, -0.2) is 54.4 Å². The third-order valence-electron chi connectivity index (χ3n) is 4.96. The van der Waals surface area contributed by atoms with Gasteiger partial charge in [0.15, 0.2) is 0 Å². The third-order valence-corrected chi connectivity index (χ3v) is 4.96. The Kier molecular flexibility index (Phi) is 6.21. The van der Waals surface area contributed by atoms with Crippen LogP contribution in [0.25, 0.3) is 0 Å². The van der Waals surface area contributed by atoms with Crippen LogP contribution in [0.3, 0.4) is 0 Å². The van der Waals surface area contributed by atoms with Gasteiger partial charge < -0.3 is 19.9 Å². The van der Waals surface area contributed by atoms with E-state index < -0.39 is 5.60 Å². The topological polar surface area (TPSA) is 71.0 Å². The first-order valence-electron chi connectivity index (χ1n) is 9.48. The molecule has 1 fully saturated rings. The summed E-state index contributed by atoms with van der Waals surface area (Å²) in [4.78, 5) is 14.5. The molecular weight excluding hydrogens is 356 g/mol. The maximum Gasteiger partial charge on any atom is 0.238 e. The van der Waals surface area contributed by atoms with Gasteiger partial charge in [-0.05, 0) is 50.1 Å². The molecule has 1 amide bonds. The molecule has 3 rings (SSSR count). The highest BCUT2D eigenvalue weighted by Gasteiger charge is 2.40. The number of methoxy groups -OCH3 is 1. The second-order valence-electron chi connectivity index (χ2n) is 7.53. The number of carbonyl (C=O) groups is 1. The quantitative estimate of drug-likeness (QED) is 0.801. The molecule has 1 heterocycles. The fraction of sp³-hybridized carbons (Fsp3) is 0.409. The van der Waals surface area contributed by atoms with Gasteiger partial charge in [-0.2, -0.15) is 0 Å². The Balaban J connectivity index is 1.58. The Morgan fingerprint density at radius 2 is 2.04 bits per heavy atom. The van der Waals surface area contributed by atoms with Gasteiger partial charge in [-0.25, -0.2) is 0 Å². The number of rotatable bonds is 6. The smallest absolute Gasteiger partial charge is 0.238 e. The Morgan fingerprint density at radius 3 is 2.71 bits per heavy atom. The van der Waals surface area contributed by atoms with Crippen molar-refractivity contribution in [1.82, 2.24) is 4.90 Å². The van der Waals surface area contributed by atoms with Crippen LogP contribution < -0.4 is 14.8 Å². The number of anilines is 1. The van der Waals surface area contributed by atoms with E-state index in [1.54, 1.807) is 14.0 Å². The van der Waals surface area contributed by atoms with E-state index in [1.807, 2.05) is 60.4 Å². The summed E-state index contributed by atoms with van der Waals surface area (Å²) in [6.07, 6.45) is 0.328. The first kappa shape index (κ1) is 20.2. The lowest BCUT2D eigenvalue weighted by molar-refractivity contribution is -0.123. The fourth-order valence-electron chi connectivity index (χ4n) is 3.54. The predicted molar refractivity (Wildman–Crippen MR) is 109 cm³/mol. The highest BCUT2D eigenvalue weighted by Crippen LogP contribution is 2.27. The Morgan fingerprint density at radius 1 is 1.29 bits per heavy atom. The summed E-state index contributed by atoms with van der Waals surface area (Å²) in [7, 11) is 1.58. The summed E-state index contributed by atoms with van der Waals surface area (Å²) in [6, 6.07) is 15.1. The van der Waals surface area contributed by atoms with Crippen molar-refractivity contribution in [2.75, 3.05) is 32.1 Å². The van der Waals surface area contributed by atoms with E-state index in [4.69, 9.17) is 9.47 Å². The van der Waals surface area contributed by atoms with Crippen LogP contribution >= 0.6 is 0 Å². The van der Waals surface area contributed by atoms with E-state index in [0.717, 1.165) is 11.3 Å². The maximum atomic E-state index is 12.5. The maximum absolute atomic E-state index is 12.5. The number of para-hydroxylation sites is 1. The van der Waals surface area contributed by atoms with E-state index in [1.165, 1.54) is 0 Å². The number of piperidine rings is 1. The molecule has 2 N–H and O–H groups in total. The molecule has 0 spiro atoms. The normalized spacial score (nSPS) is 22.5. The van der Waals surface area contributed by atoms with Gasteiger partial charge in [-0.1, -0.05) is 24.3 Å². The number of hydrogen-bond donors (Lipinski definition) is 2. The van der Waals surface area contributed by atoms with Gasteiger partial charge in [-0.15, -0.1) is 0 Å². The molecule has 28 heavy (non-hydrogen) atoms. The highest BCUT2D eigenvalue weighted by atomic mass is 16.5. The van der Waals surface area contributed by atoms with Gasteiger partial charge >= 0.3 is 0 Å². The summed E-state index contributed by atoms with van der Waals surface area (Å²) in [5.41, 5.74) is 0.648. The monoisotopic (exact) mass is 384 g/mol. The molecule has 0 saturated carbocycles. The number of carbonyl (C=O) groups excluding carboxylic acids is 1. The lowest BCUT2D eigenvalue weighted by Gasteiger charge is -2.42. The van der Waals surface area contributed by atoms with Crippen LogP contribution in [0.2, 0.25) is 0 Å². The summed E-state index contributed by atoms with van der Waals surface area (Å²) in [6.45, 7) is 4.96. The molecule has 2 aromatic rings. The van der Waals surface area contributed by atoms with Crippen molar-refractivity contribution in [2.45, 2.75) is 32.0 Å². The largest absolute Gasteiger partial charge is 0.495 e. The molecular formula is C22H28N2O4. The molecule has 0 aromatic heterocycles. The summed E-state index contributed by atoms with van der Waals surface area (Å²) in [5, 5.41) is 13.8. The SMILES string of the molecule is COc1ccc(C)cc1NC(=O)CN1CC[C@H](Oc2ccccc2)[C@@](C)(O)C1. The van der Waals surface area contributed by atoms with Crippen LogP contribution in [0.15, 0.2) is 48.5 Å². The molecule has 6 nitrogen and oxygen atoms in total. The van der Waals surface area contributed by atoms with Crippen LogP contribution in [0.4, 0.5) is 5.69 Å². The van der Waals surface area contributed by atoms with E-state index in [2.05, 4.69) is 5.32 Å². The molecule has 1 aliphatic heterocycles. The Hall–Kier alpha value is -2.57. The van der Waals surface area contributed by atoms with Crippen LogP contribution in [0.1, 0.15) is 18.9 Å². The second-order valence-corrected chi connectivity index (χ2v) is 7.53. The zero-order valence-corrected chi connectivity index (χ0v) is 16.6. The molecule has 0 radical (unpaired) electrons. The number of ether oxygens (including phenoxy) is 2. The molecule has 1 aliphatic rings. The number of aliphatic hydroxyl groups is 1. The second kappa shape index (κ2) is 8.63. The van der Waals surface area contributed by atoms with Crippen LogP contribution in [-0.2, 0) is 4.79 Å². The molecule has 2 atom stereocenters. The molecule has 0 aliphatic carbocycles. The minimum Gasteiger partial charge on any atom is -0.495 e. The van der Waals surface area contributed by atoms with Crippen molar-refractivity contribution in [2.24, 2.45) is 0 Å². The zero-order chi connectivity index (χ0) is 20.1. The number of β-amino-alcohol motifs (C(OH)–C–C–N with tert-alkyl or cyclic N) is 1. The van der Waals surface area contributed by atoms with E-state index in [0.29, 0.717) is 30.9 Å². The predicted octanol–water partition coefficient (Wildman–Crippen LogP) is 2.85. The molecule has 1 saturated heterocycles. The number of hydrogen-bond acceptors (Lipinski definition) is 5. The van der Waals surface area contributed by atoms with Gasteiger partial charge in [0.05, 0.1) is 19.3 Å². The summed E-state index contributed by atoms with van der Waals surface area (Å²) in [5.74, 6) is 1.23.